The zero-order chi connectivity index (χ0) is 14.2. The van der Waals surface area contributed by atoms with E-state index in [1.54, 1.807) is 29.1 Å². The number of nitrogens with two attached hydrogens (primary N) is 1. The molecule has 0 radical (unpaired) electrons. The molecule has 106 valence electrons. The van der Waals surface area contributed by atoms with E-state index in [9.17, 15) is 8.42 Å². The van der Waals surface area contributed by atoms with Crippen molar-refractivity contribution < 1.29 is 8.42 Å². The third-order valence-corrected chi connectivity index (χ3v) is 6.77. The molecule has 4 nitrogen and oxygen atoms in total. The van der Waals surface area contributed by atoms with Crippen LogP contribution >= 0.6 is 11.8 Å². The number of hydrogen-bond acceptors (Lipinski definition) is 4. The van der Waals surface area contributed by atoms with E-state index in [-0.39, 0.29) is 6.04 Å². The number of sulfonamides is 1. The van der Waals surface area contributed by atoms with Gasteiger partial charge in [-0.05, 0) is 44.0 Å². The minimum Gasteiger partial charge on any atom is -0.398 e. The third-order valence-electron chi connectivity index (χ3n) is 3.44. The predicted molar refractivity (Wildman–Crippen MR) is 81.0 cm³/mol. The fourth-order valence-corrected chi connectivity index (χ4v) is 5.51. The van der Waals surface area contributed by atoms with Gasteiger partial charge in [0, 0.05) is 29.8 Å². The lowest BCUT2D eigenvalue weighted by Gasteiger charge is -2.32. The highest BCUT2D eigenvalue weighted by molar-refractivity contribution is 7.99. The molecule has 1 aromatic rings. The Morgan fingerprint density at radius 1 is 1.37 bits per heavy atom. The number of thioether (sulfide) groups is 1. The van der Waals surface area contributed by atoms with Crippen molar-refractivity contribution in [2.24, 2.45) is 0 Å². The minimum absolute atomic E-state index is 0.0323. The summed E-state index contributed by atoms with van der Waals surface area (Å²) in [6, 6.07) is 3.56. The van der Waals surface area contributed by atoms with Crippen LogP contribution in [0.15, 0.2) is 17.0 Å². The zero-order valence-electron chi connectivity index (χ0n) is 11.5. The molecule has 19 heavy (non-hydrogen) atoms. The normalized spacial score (nSPS) is 21.5. The lowest BCUT2D eigenvalue weighted by Crippen LogP contribution is -2.44. The van der Waals surface area contributed by atoms with E-state index in [0.717, 1.165) is 17.1 Å². The summed E-state index contributed by atoms with van der Waals surface area (Å²) in [5, 5.41) is 0. The molecule has 1 heterocycles. The fourth-order valence-electron chi connectivity index (χ4n) is 2.32. The summed E-state index contributed by atoms with van der Waals surface area (Å²) < 4.78 is 27.2. The van der Waals surface area contributed by atoms with E-state index in [1.807, 2.05) is 19.9 Å². The summed E-state index contributed by atoms with van der Waals surface area (Å²) >= 11 is 1.80. The van der Waals surface area contributed by atoms with Gasteiger partial charge in [0.25, 0.3) is 0 Å². The molecule has 1 aliphatic heterocycles. The van der Waals surface area contributed by atoms with Gasteiger partial charge in [-0.2, -0.15) is 16.1 Å². The van der Waals surface area contributed by atoms with E-state index < -0.39 is 10.0 Å². The molecular formula is C13H20N2O2S2. The number of hydrogen-bond donors (Lipinski definition) is 1. The Kier molecular flexibility index (Phi) is 4.13. The number of nitrogens with zero attached hydrogens (tertiary/aromatic N) is 1. The van der Waals surface area contributed by atoms with Crippen molar-refractivity contribution >= 4 is 27.5 Å². The number of nitrogen functional groups attached to an aromatic ring is 1. The van der Waals surface area contributed by atoms with E-state index in [0.29, 0.717) is 22.7 Å². The van der Waals surface area contributed by atoms with E-state index >= 15 is 0 Å². The lowest BCUT2D eigenvalue weighted by atomic mass is 10.1. The number of rotatable bonds is 2. The Bertz CT molecular complexity index is 585. The van der Waals surface area contributed by atoms with Gasteiger partial charge in [0.05, 0.1) is 4.90 Å². The molecule has 0 amide bonds. The van der Waals surface area contributed by atoms with Gasteiger partial charge in [0.2, 0.25) is 10.0 Å². The summed E-state index contributed by atoms with van der Waals surface area (Å²) in [5.74, 6) is 1.70. The van der Waals surface area contributed by atoms with Gasteiger partial charge in [-0.1, -0.05) is 0 Å². The molecule has 1 aromatic carbocycles. The van der Waals surface area contributed by atoms with Crippen LogP contribution in [0.2, 0.25) is 0 Å². The van der Waals surface area contributed by atoms with Crippen LogP contribution in [0, 0.1) is 13.8 Å². The van der Waals surface area contributed by atoms with Gasteiger partial charge >= 0.3 is 0 Å². The maximum atomic E-state index is 12.8. The van der Waals surface area contributed by atoms with Crippen LogP contribution in [-0.2, 0) is 10.0 Å². The SMILES string of the molecule is Cc1cc(N)c(C)c(S(=O)(=O)N2CCSCC2C)c1. The summed E-state index contributed by atoms with van der Waals surface area (Å²) in [7, 11) is -3.45. The molecule has 0 aromatic heterocycles. The maximum Gasteiger partial charge on any atom is 0.243 e. The molecule has 0 bridgehead atoms. The van der Waals surface area contributed by atoms with Gasteiger partial charge in [0.15, 0.2) is 0 Å². The van der Waals surface area contributed by atoms with Gasteiger partial charge in [-0.3, -0.25) is 0 Å². The Hall–Kier alpha value is -0.720. The molecule has 6 heteroatoms. The first-order chi connectivity index (χ1) is 8.84. The smallest absolute Gasteiger partial charge is 0.243 e. The van der Waals surface area contributed by atoms with Gasteiger partial charge in [-0.25, -0.2) is 8.42 Å². The molecule has 1 aliphatic rings. The zero-order valence-corrected chi connectivity index (χ0v) is 13.1. The van der Waals surface area contributed by atoms with E-state index in [1.165, 1.54) is 0 Å². The summed E-state index contributed by atoms with van der Waals surface area (Å²) in [4.78, 5) is 0.351. The number of benzene rings is 1. The van der Waals surface area contributed by atoms with Crippen LogP contribution in [0.5, 0.6) is 0 Å². The van der Waals surface area contributed by atoms with Gasteiger partial charge in [-0.15, -0.1) is 0 Å². The topological polar surface area (TPSA) is 63.4 Å². The molecule has 1 atom stereocenters. The van der Waals surface area contributed by atoms with E-state index in [2.05, 4.69) is 0 Å². The third kappa shape index (κ3) is 2.75. The van der Waals surface area contributed by atoms with Crippen molar-refractivity contribution in [3.63, 3.8) is 0 Å². The van der Waals surface area contributed by atoms with Crippen LogP contribution in [-0.4, -0.2) is 36.8 Å². The molecule has 0 saturated carbocycles. The standard InChI is InChI=1S/C13H20N2O2S2/c1-9-6-12(14)11(3)13(7-9)19(16,17)15-4-5-18-8-10(15)2/h6-7,10H,4-5,8,14H2,1-3H3. The first-order valence-electron chi connectivity index (χ1n) is 6.30. The Balaban J connectivity index is 2.50. The lowest BCUT2D eigenvalue weighted by molar-refractivity contribution is 0.367. The second kappa shape index (κ2) is 5.34. The molecule has 2 N–H and O–H groups in total. The highest BCUT2D eigenvalue weighted by atomic mass is 32.2. The largest absolute Gasteiger partial charge is 0.398 e. The molecule has 0 spiro atoms. The van der Waals surface area contributed by atoms with Gasteiger partial charge < -0.3 is 5.73 Å². The van der Waals surface area contributed by atoms with Crippen molar-refractivity contribution in [1.82, 2.24) is 4.31 Å². The number of anilines is 1. The van der Waals surface area contributed by atoms with Crippen LogP contribution in [0.3, 0.4) is 0 Å². The second-order valence-electron chi connectivity index (χ2n) is 5.02. The molecule has 2 rings (SSSR count). The Morgan fingerprint density at radius 3 is 2.68 bits per heavy atom. The van der Waals surface area contributed by atoms with Crippen molar-refractivity contribution in [1.29, 1.82) is 0 Å². The minimum atomic E-state index is -3.45. The van der Waals surface area contributed by atoms with Crippen LogP contribution in [0.4, 0.5) is 5.69 Å². The number of aryl methyl sites for hydroxylation is 1. The average Bonchev–Trinajstić information content (AvgIpc) is 2.34. The molecular weight excluding hydrogens is 280 g/mol. The first kappa shape index (κ1) is 14.7. The van der Waals surface area contributed by atoms with Crippen molar-refractivity contribution in [2.75, 3.05) is 23.8 Å². The van der Waals surface area contributed by atoms with Crippen molar-refractivity contribution in [3.8, 4) is 0 Å². The average molecular weight is 300 g/mol. The van der Waals surface area contributed by atoms with E-state index in [4.69, 9.17) is 5.73 Å². The molecule has 1 saturated heterocycles. The molecule has 1 fully saturated rings. The van der Waals surface area contributed by atoms with Gasteiger partial charge in [0.1, 0.15) is 0 Å². The fraction of sp³-hybridized carbons (Fsp3) is 0.538. The molecule has 1 unspecified atom stereocenters. The first-order valence-corrected chi connectivity index (χ1v) is 8.90. The highest BCUT2D eigenvalue weighted by Crippen LogP contribution is 2.29. The highest BCUT2D eigenvalue weighted by Gasteiger charge is 2.32. The van der Waals surface area contributed by atoms with Crippen molar-refractivity contribution in [3.05, 3.63) is 23.3 Å². The van der Waals surface area contributed by atoms with Crippen LogP contribution < -0.4 is 5.73 Å². The summed E-state index contributed by atoms with van der Waals surface area (Å²) in [6.45, 7) is 6.16. The Morgan fingerprint density at radius 2 is 2.05 bits per heavy atom. The van der Waals surface area contributed by atoms with Crippen molar-refractivity contribution in [2.45, 2.75) is 31.7 Å². The quantitative estimate of drug-likeness (QED) is 0.849. The second-order valence-corrected chi connectivity index (χ2v) is 8.03. The summed E-state index contributed by atoms with van der Waals surface area (Å²) in [6.07, 6.45) is 0. The predicted octanol–water partition coefficient (Wildman–Crippen LogP) is 2.01. The van der Waals surface area contributed by atoms with Crippen LogP contribution in [0.25, 0.3) is 0 Å². The van der Waals surface area contributed by atoms with Crippen LogP contribution in [0.1, 0.15) is 18.1 Å². The maximum absolute atomic E-state index is 12.8. The molecule has 0 aliphatic carbocycles. The summed E-state index contributed by atoms with van der Waals surface area (Å²) in [5.41, 5.74) is 7.96. The monoisotopic (exact) mass is 300 g/mol. The Labute approximate surface area is 119 Å².